The molecule has 0 atom stereocenters. The zero-order valence-corrected chi connectivity index (χ0v) is 15.6. The van der Waals surface area contributed by atoms with Gasteiger partial charge < -0.3 is 14.8 Å². The number of H-pyrrole nitrogens is 1. The van der Waals surface area contributed by atoms with Crippen molar-refractivity contribution >= 4 is 22.7 Å². The Bertz CT molecular complexity index is 928. The van der Waals surface area contributed by atoms with Crippen LogP contribution in [0.1, 0.15) is 26.1 Å². The second-order valence-corrected chi connectivity index (χ2v) is 7.16. The van der Waals surface area contributed by atoms with Gasteiger partial charge in [-0.25, -0.2) is 4.98 Å². The third-order valence-corrected chi connectivity index (χ3v) is 4.83. The Balaban J connectivity index is 1.69. The van der Waals surface area contributed by atoms with E-state index in [1.54, 1.807) is 28.0 Å². The summed E-state index contributed by atoms with van der Waals surface area (Å²) in [7, 11) is 0. The van der Waals surface area contributed by atoms with Crippen LogP contribution in [0.3, 0.4) is 0 Å². The van der Waals surface area contributed by atoms with Gasteiger partial charge in [0.25, 0.3) is 5.56 Å². The number of carbonyl (C=O) groups is 2. The van der Waals surface area contributed by atoms with Crippen LogP contribution in [0.15, 0.2) is 41.7 Å². The monoisotopic (exact) mass is 368 g/mol. The quantitative estimate of drug-likeness (QED) is 0.786. The molecule has 1 aliphatic rings. The van der Waals surface area contributed by atoms with E-state index in [9.17, 15) is 14.4 Å². The molecule has 1 N–H and O–H groups in total. The number of aromatic nitrogens is 2. The number of rotatable bonds is 6. The largest absolute Gasteiger partial charge is 0.338 e. The molecule has 0 saturated carbocycles. The van der Waals surface area contributed by atoms with Gasteiger partial charge in [0, 0.05) is 31.5 Å². The van der Waals surface area contributed by atoms with Crippen LogP contribution in [0, 0.1) is 5.92 Å². The van der Waals surface area contributed by atoms with Crippen molar-refractivity contribution in [3.63, 3.8) is 0 Å². The average Bonchev–Trinajstić information content (AvgIpc) is 2.61. The summed E-state index contributed by atoms with van der Waals surface area (Å²) in [4.78, 5) is 47.2. The number of amides is 2. The highest BCUT2D eigenvalue weighted by molar-refractivity contribution is 5.88. The van der Waals surface area contributed by atoms with Crippen molar-refractivity contribution in [3.05, 3.63) is 53.1 Å². The van der Waals surface area contributed by atoms with Crippen molar-refractivity contribution in [2.75, 3.05) is 13.1 Å². The van der Waals surface area contributed by atoms with E-state index in [4.69, 9.17) is 0 Å². The molecule has 1 fully saturated rings. The minimum absolute atomic E-state index is 0.00323. The third-order valence-electron chi connectivity index (χ3n) is 4.83. The summed E-state index contributed by atoms with van der Waals surface area (Å²) in [5, 5.41) is 0.533. The molecule has 1 aliphatic heterocycles. The second kappa shape index (κ2) is 7.73. The molecule has 7 nitrogen and oxygen atoms in total. The minimum atomic E-state index is -0.204. The maximum atomic E-state index is 12.8. The summed E-state index contributed by atoms with van der Waals surface area (Å²) in [6.07, 6.45) is 1.66. The first-order chi connectivity index (χ1) is 12.9. The average molecular weight is 368 g/mol. The van der Waals surface area contributed by atoms with Crippen LogP contribution in [0.4, 0.5) is 0 Å². The van der Waals surface area contributed by atoms with Crippen LogP contribution in [0.25, 0.3) is 10.9 Å². The predicted molar refractivity (Wildman–Crippen MR) is 103 cm³/mol. The molecule has 1 saturated heterocycles. The van der Waals surface area contributed by atoms with E-state index in [0.29, 0.717) is 36.2 Å². The lowest BCUT2D eigenvalue weighted by Crippen LogP contribution is -2.51. The number of benzene rings is 1. The van der Waals surface area contributed by atoms with Crippen molar-refractivity contribution in [2.24, 2.45) is 5.92 Å². The molecule has 3 rings (SSSR count). The third kappa shape index (κ3) is 4.07. The molecule has 2 amide bonds. The van der Waals surface area contributed by atoms with E-state index in [0.717, 1.165) is 0 Å². The lowest BCUT2D eigenvalue weighted by atomic mass is 9.95. The highest BCUT2D eigenvalue weighted by atomic mass is 16.2. The molecule has 142 valence electrons. The molecule has 1 aromatic heterocycles. The van der Waals surface area contributed by atoms with Gasteiger partial charge in [-0.2, -0.15) is 0 Å². The molecule has 7 heteroatoms. The van der Waals surface area contributed by atoms with Gasteiger partial charge in [-0.15, -0.1) is 0 Å². The summed E-state index contributed by atoms with van der Waals surface area (Å²) in [6, 6.07) is 7.11. The molecule has 0 radical (unpaired) electrons. The number of para-hydroxylation sites is 1. The highest BCUT2D eigenvalue weighted by Crippen LogP contribution is 2.21. The number of hydrogen-bond acceptors (Lipinski definition) is 4. The number of nitrogens with one attached hydrogen (secondary N) is 1. The van der Waals surface area contributed by atoms with Crippen LogP contribution < -0.4 is 5.56 Å². The van der Waals surface area contributed by atoms with Crippen molar-refractivity contribution in [1.82, 2.24) is 19.8 Å². The molecule has 0 aliphatic carbocycles. The maximum absolute atomic E-state index is 12.8. The zero-order valence-electron chi connectivity index (χ0n) is 15.6. The van der Waals surface area contributed by atoms with E-state index in [-0.39, 0.29) is 35.9 Å². The molecule has 27 heavy (non-hydrogen) atoms. The van der Waals surface area contributed by atoms with E-state index >= 15 is 0 Å². The maximum Gasteiger partial charge on any atom is 0.258 e. The standard InChI is InChI=1S/C20H24N4O3/c1-4-18(25)23-10-14(11-23)9-19(26)24(13(2)3)12-17-21-16-8-6-5-7-15(16)20(27)22-17/h4-8,13-14H,1,9-12H2,2-3H3,(H,21,22,27). The molecular weight excluding hydrogens is 344 g/mol. The van der Waals surface area contributed by atoms with Crippen LogP contribution in [-0.4, -0.2) is 50.7 Å². The normalized spacial score (nSPS) is 14.3. The lowest BCUT2D eigenvalue weighted by Gasteiger charge is -2.39. The molecule has 1 aromatic carbocycles. The van der Waals surface area contributed by atoms with Crippen LogP contribution in [0.5, 0.6) is 0 Å². The fraction of sp³-hybridized carbons (Fsp3) is 0.400. The van der Waals surface area contributed by atoms with Crippen molar-refractivity contribution < 1.29 is 9.59 Å². The Morgan fingerprint density at radius 2 is 2.07 bits per heavy atom. The molecular formula is C20H24N4O3. The van der Waals surface area contributed by atoms with Gasteiger partial charge >= 0.3 is 0 Å². The number of hydrogen-bond donors (Lipinski definition) is 1. The summed E-state index contributed by atoms with van der Waals surface area (Å²) in [5.74, 6) is 0.526. The van der Waals surface area contributed by atoms with E-state index in [2.05, 4.69) is 16.5 Å². The SMILES string of the molecule is C=CC(=O)N1CC(CC(=O)N(Cc2nc3ccccc3c(=O)[nH]2)C(C)C)C1. The van der Waals surface area contributed by atoms with Gasteiger partial charge in [0.2, 0.25) is 11.8 Å². The molecule has 2 aromatic rings. The van der Waals surface area contributed by atoms with Crippen LogP contribution in [0.2, 0.25) is 0 Å². The van der Waals surface area contributed by atoms with Gasteiger partial charge in [-0.05, 0) is 32.1 Å². The summed E-state index contributed by atoms with van der Waals surface area (Å²) >= 11 is 0. The number of carbonyl (C=O) groups excluding carboxylic acids is 2. The van der Waals surface area contributed by atoms with Crippen LogP contribution in [-0.2, 0) is 16.1 Å². The van der Waals surface area contributed by atoms with E-state index in [1.165, 1.54) is 6.08 Å². The Labute approximate surface area is 157 Å². The second-order valence-electron chi connectivity index (χ2n) is 7.16. The highest BCUT2D eigenvalue weighted by Gasteiger charge is 2.32. The van der Waals surface area contributed by atoms with Crippen molar-refractivity contribution in [3.8, 4) is 0 Å². The van der Waals surface area contributed by atoms with Crippen molar-refractivity contribution in [2.45, 2.75) is 32.9 Å². The Hall–Kier alpha value is -2.96. The Kier molecular flexibility index (Phi) is 5.39. The molecule has 0 unspecified atom stereocenters. The summed E-state index contributed by atoms with van der Waals surface area (Å²) in [6.45, 7) is 8.75. The molecule has 2 heterocycles. The van der Waals surface area contributed by atoms with E-state index < -0.39 is 0 Å². The number of aromatic amines is 1. The smallest absolute Gasteiger partial charge is 0.258 e. The van der Waals surface area contributed by atoms with E-state index in [1.807, 2.05) is 19.9 Å². The van der Waals surface area contributed by atoms with Gasteiger partial charge in [-0.3, -0.25) is 14.4 Å². The topological polar surface area (TPSA) is 86.4 Å². The fourth-order valence-corrected chi connectivity index (χ4v) is 3.30. The first-order valence-corrected chi connectivity index (χ1v) is 9.07. The Morgan fingerprint density at radius 1 is 1.37 bits per heavy atom. The molecule has 0 spiro atoms. The van der Waals surface area contributed by atoms with Gasteiger partial charge in [-0.1, -0.05) is 18.7 Å². The van der Waals surface area contributed by atoms with Gasteiger partial charge in [0.15, 0.2) is 0 Å². The first kappa shape index (κ1) is 18.8. The van der Waals surface area contributed by atoms with Gasteiger partial charge in [0.05, 0.1) is 17.4 Å². The fourth-order valence-electron chi connectivity index (χ4n) is 3.30. The predicted octanol–water partition coefficient (Wildman–Crippen LogP) is 1.69. The number of likely N-dealkylation sites (tertiary alicyclic amines) is 1. The van der Waals surface area contributed by atoms with Crippen LogP contribution >= 0.6 is 0 Å². The summed E-state index contributed by atoms with van der Waals surface area (Å²) < 4.78 is 0. The first-order valence-electron chi connectivity index (χ1n) is 9.07. The summed E-state index contributed by atoms with van der Waals surface area (Å²) in [5.41, 5.74) is 0.411. The van der Waals surface area contributed by atoms with Gasteiger partial charge in [0.1, 0.15) is 5.82 Å². The molecule has 0 bridgehead atoms. The zero-order chi connectivity index (χ0) is 19.6. The Morgan fingerprint density at radius 3 is 2.74 bits per heavy atom. The minimum Gasteiger partial charge on any atom is -0.338 e. The number of nitrogens with zero attached hydrogens (tertiary/aromatic N) is 3. The van der Waals surface area contributed by atoms with Crippen molar-refractivity contribution in [1.29, 1.82) is 0 Å². The lowest BCUT2D eigenvalue weighted by molar-refractivity contribution is -0.140. The number of fused-ring (bicyclic) bond motifs is 1.